The van der Waals surface area contributed by atoms with Crippen molar-refractivity contribution >= 4 is 18.0 Å². The number of urea groups is 1. The van der Waals surface area contributed by atoms with Gasteiger partial charge in [-0.3, -0.25) is 9.69 Å². The molecule has 0 bridgehead atoms. The zero-order chi connectivity index (χ0) is 15.9. The molecule has 1 N–H and O–H groups in total. The molecule has 1 aliphatic rings. The van der Waals surface area contributed by atoms with Gasteiger partial charge in [0.25, 0.3) is 5.91 Å². The number of likely N-dealkylation sites (N-methyl/N-ethyl adjacent to an activating group) is 1. The van der Waals surface area contributed by atoms with Crippen LogP contribution in [0.4, 0.5) is 4.79 Å². The normalized spacial score (nSPS) is 16.5. The van der Waals surface area contributed by atoms with Crippen LogP contribution in [0.3, 0.4) is 0 Å². The van der Waals surface area contributed by atoms with Gasteiger partial charge in [0, 0.05) is 24.6 Å². The number of hydrogen-bond donors (Lipinski definition) is 1. The zero-order valence-corrected chi connectivity index (χ0v) is 12.8. The lowest BCUT2D eigenvalue weighted by atomic mass is 10.1. The lowest BCUT2D eigenvalue weighted by Crippen LogP contribution is -2.25. The average molecular weight is 295 g/mol. The molecule has 2 aromatic rings. The Balaban J connectivity index is 2.06. The molecular formula is C17H17N3O2. The minimum Gasteiger partial charge on any atom is -0.317 e. The molecule has 0 saturated carbocycles. The molecule has 3 rings (SSSR count). The third-order valence-electron chi connectivity index (χ3n) is 3.99. The summed E-state index contributed by atoms with van der Waals surface area (Å²) in [6.45, 7) is 4.13. The van der Waals surface area contributed by atoms with E-state index in [2.05, 4.69) is 25.2 Å². The van der Waals surface area contributed by atoms with Crippen molar-refractivity contribution in [3.8, 4) is 5.69 Å². The summed E-state index contributed by atoms with van der Waals surface area (Å²) in [5.41, 5.74) is 4.57. The SMILES string of the molecule is Cc1cccc(-n2cccc2/C=C2/NC(=O)N(C)C2=O)c1C. The second-order valence-corrected chi connectivity index (χ2v) is 5.37. The molecule has 0 unspecified atom stereocenters. The Morgan fingerprint density at radius 1 is 1.09 bits per heavy atom. The molecule has 22 heavy (non-hydrogen) atoms. The van der Waals surface area contributed by atoms with Crippen LogP contribution >= 0.6 is 0 Å². The summed E-state index contributed by atoms with van der Waals surface area (Å²) in [6, 6.07) is 9.53. The first-order valence-electron chi connectivity index (χ1n) is 7.03. The Bertz CT molecular complexity index is 802. The number of aromatic nitrogens is 1. The van der Waals surface area contributed by atoms with Crippen LogP contribution in [0, 0.1) is 13.8 Å². The maximum atomic E-state index is 12.0. The molecule has 1 aliphatic heterocycles. The third-order valence-corrected chi connectivity index (χ3v) is 3.99. The van der Waals surface area contributed by atoms with E-state index in [0.717, 1.165) is 16.3 Å². The molecule has 1 aromatic heterocycles. The highest BCUT2D eigenvalue weighted by Crippen LogP contribution is 2.22. The minimum absolute atomic E-state index is 0.290. The van der Waals surface area contributed by atoms with Crippen molar-refractivity contribution in [1.29, 1.82) is 0 Å². The van der Waals surface area contributed by atoms with Gasteiger partial charge >= 0.3 is 6.03 Å². The number of carbonyl (C=O) groups is 2. The van der Waals surface area contributed by atoms with E-state index in [-0.39, 0.29) is 11.6 Å². The average Bonchev–Trinajstić information content (AvgIpc) is 3.04. The van der Waals surface area contributed by atoms with Crippen molar-refractivity contribution in [2.45, 2.75) is 13.8 Å². The van der Waals surface area contributed by atoms with Crippen molar-refractivity contribution in [3.63, 3.8) is 0 Å². The van der Waals surface area contributed by atoms with Crippen LogP contribution in [0.1, 0.15) is 16.8 Å². The second kappa shape index (κ2) is 5.18. The molecule has 112 valence electrons. The quantitative estimate of drug-likeness (QED) is 0.684. The summed E-state index contributed by atoms with van der Waals surface area (Å²) in [5, 5.41) is 2.58. The number of benzene rings is 1. The largest absolute Gasteiger partial charge is 0.328 e. The van der Waals surface area contributed by atoms with Gasteiger partial charge in [0.2, 0.25) is 0 Å². The maximum absolute atomic E-state index is 12.0. The molecular weight excluding hydrogens is 278 g/mol. The van der Waals surface area contributed by atoms with Crippen molar-refractivity contribution in [2.24, 2.45) is 0 Å². The topological polar surface area (TPSA) is 54.3 Å². The molecule has 5 nitrogen and oxygen atoms in total. The van der Waals surface area contributed by atoms with Gasteiger partial charge in [0.15, 0.2) is 0 Å². The van der Waals surface area contributed by atoms with Crippen LogP contribution in [0.25, 0.3) is 11.8 Å². The molecule has 0 atom stereocenters. The smallest absolute Gasteiger partial charge is 0.317 e. The summed E-state index contributed by atoms with van der Waals surface area (Å²) < 4.78 is 2.01. The lowest BCUT2D eigenvalue weighted by Gasteiger charge is -2.12. The summed E-state index contributed by atoms with van der Waals surface area (Å²) in [7, 11) is 1.46. The number of nitrogens with zero attached hydrogens (tertiary/aromatic N) is 2. The second-order valence-electron chi connectivity index (χ2n) is 5.37. The fraction of sp³-hybridized carbons (Fsp3) is 0.176. The van der Waals surface area contributed by atoms with E-state index in [1.807, 2.05) is 35.0 Å². The first kappa shape index (κ1) is 14.1. The van der Waals surface area contributed by atoms with E-state index in [0.29, 0.717) is 0 Å². The van der Waals surface area contributed by atoms with Crippen molar-refractivity contribution in [3.05, 3.63) is 59.0 Å². The van der Waals surface area contributed by atoms with Crippen molar-refractivity contribution in [1.82, 2.24) is 14.8 Å². The predicted octanol–water partition coefficient (Wildman–Crippen LogP) is 2.62. The highest BCUT2D eigenvalue weighted by Gasteiger charge is 2.30. The molecule has 1 saturated heterocycles. The molecule has 0 aliphatic carbocycles. The standard InChI is InChI=1S/C17H17N3O2/c1-11-6-4-8-15(12(11)2)20-9-5-7-13(20)10-14-16(21)19(3)17(22)18-14/h4-10H,1-3H3,(H,18,22)/b14-10+. The monoisotopic (exact) mass is 295 g/mol. The number of hydrogen-bond acceptors (Lipinski definition) is 2. The van der Waals surface area contributed by atoms with Crippen molar-refractivity contribution in [2.75, 3.05) is 7.05 Å². The van der Waals surface area contributed by atoms with E-state index < -0.39 is 6.03 Å². The van der Waals surface area contributed by atoms with Crippen LogP contribution in [-0.4, -0.2) is 28.5 Å². The van der Waals surface area contributed by atoms with Crippen LogP contribution in [0.2, 0.25) is 0 Å². The summed E-state index contributed by atoms with van der Waals surface area (Å²) in [5.74, 6) is -0.321. The van der Waals surface area contributed by atoms with Gasteiger partial charge in [-0.1, -0.05) is 12.1 Å². The minimum atomic E-state index is -0.402. The fourth-order valence-corrected chi connectivity index (χ4v) is 2.50. The zero-order valence-electron chi connectivity index (χ0n) is 12.8. The highest BCUT2D eigenvalue weighted by molar-refractivity contribution is 6.13. The maximum Gasteiger partial charge on any atom is 0.328 e. The van der Waals surface area contributed by atoms with E-state index in [1.165, 1.54) is 18.2 Å². The van der Waals surface area contributed by atoms with Gasteiger partial charge in [-0.05, 0) is 49.2 Å². The van der Waals surface area contributed by atoms with Gasteiger partial charge in [-0.15, -0.1) is 0 Å². The van der Waals surface area contributed by atoms with Gasteiger partial charge in [-0.25, -0.2) is 4.79 Å². The third kappa shape index (κ3) is 2.20. The van der Waals surface area contributed by atoms with E-state index in [9.17, 15) is 9.59 Å². The Morgan fingerprint density at radius 2 is 1.86 bits per heavy atom. The van der Waals surface area contributed by atoms with E-state index in [4.69, 9.17) is 0 Å². The van der Waals surface area contributed by atoms with Crippen LogP contribution < -0.4 is 5.32 Å². The van der Waals surface area contributed by atoms with Gasteiger partial charge < -0.3 is 9.88 Å². The molecule has 5 heteroatoms. The molecule has 2 heterocycles. The highest BCUT2D eigenvalue weighted by atomic mass is 16.2. The van der Waals surface area contributed by atoms with Gasteiger partial charge in [-0.2, -0.15) is 0 Å². The summed E-state index contributed by atoms with van der Waals surface area (Å²) in [6.07, 6.45) is 3.64. The first-order chi connectivity index (χ1) is 10.5. The Kier molecular flexibility index (Phi) is 3.33. The van der Waals surface area contributed by atoms with Crippen LogP contribution in [-0.2, 0) is 4.79 Å². The fourth-order valence-electron chi connectivity index (χ4n) is 2.50. The molecule has 0 spiro atoms. The number of imide groups is 1. The lowest BCUT2D eigenvalue weighted by molar-refractivity contribution is -0.121. The first-order valence-corrected chi connectivity index (χ1v) is 7.03. The Hall–Kier alpha value is -2.82. The Labute approximate surface area is 128 Å². The Morgan fingerprint density at radius 3 is 2.55 bits per heavy atom. The number of rotatable bonds is 2. The molecule has 3 amide bonds. The van der Waals surface area contributed by atoms with Crippen LogP contribution in [0.5, 0.6) is 0 Å². The van der Waals surface area contributed by atoms with Crippen molar-refractivity contribution < 1.29 is 9.59 Å². The molecule has 1 aromatic carbocycles. The summed E-state index contributed by atoms with van der Waals surface area (Å²) in [4.78, 5) is 24.6. The number of nitrogens with one attached hydrogen (secondary N) is 1. The molecule has 1 fully saturated rings. The number of amides is 3. The van der Waals surface area contributed by atoms with E-state index >= 15 is 0 Å². The van der Waals surface area contributed by atoms with E-state index in [1.54, 1.807) is 6.08 Å². The summed E-state index contributed by atoms with van der Waals surface area (Å²) >= 11 is 0. The predicted molar refractivity (Wildman–Crippen MR) is 84.5 cm³/mol. The number of carbonyl (C=O) groups excluding carboxylic acids is 2. The van der Waals surface area contributed by atoms with Gasteiger partial charge in [0.05, 0.1) is 0 Å². The van der Waals surface area contributed by atoms with Crippen LogP contribution in [0.15, 0.2) is 42.2 Å². The molecule has 0 radical (unpaired) electrons. The van der Waals surface area contributed by atoms with Gasteiger partial charge in [0.1, 0.15) is 5.70 Å². The number of aryl methyl sites for hydroxylation is 1.